The third-order valence-electron chi connectivity index (χ3n) is 3.45. The van der Waals surface area contributed by atoms with Crippen molar-refractivity contribution in [3.05, 3.63) is 35.4 Å². The summed E-state index contributed by atoms with van der Waals surface area (Å²) < 4.78 is 5.35. The molecule has 1 atom stereocenters. The van der Waals surface area contributed by atoms with Crippen molar-refractivity contribution >= 4 is 6.09 Å². The fraction of sp³-hybridized carbons (Fsp3) is 0.562. The minimum atomic E-state index is -0.969. The van der Waals surface area contributed by atoms with E-state index in [9.17, 15) is 9.90 Å². The summed E-state index contributed by atoms with van der Waals surface area (Å²) in [6, 6.07) is 7.80. The molecule has 0 aromatic heterocycles. The number of likely N-dealkylation sites (tertiary alicyclic amines) is 1. The lowest BCUT2D eigenvalue weighted by Crippen LogP contribution is -2.38. The second kappa shape index (κ2) is 5.09. The molecular weight excluding hydrogens is 254 g/mol. The number of carbonyl (C=O) groups excluding carboxylic acids is 1. The molecule has 1 saturated heterocycles. The highest BCUT2D eigenvalue weighted by molar-refractivity contribution is 5.68. The molecule has 20 heavy (non-hydrogen) atoms. The molecule has 1 amide bonds. The van der Waals surface area contributed by atoms with E-state index < -0.39 is 11.2 Å². The molecular formula is C16H23NO3. The van der Waals surface area contributed by atoms with E-state index in [4.69, 9.17) is 4.74 Å². The third kappa shape index (κ3) is 3.31. The average molecular weight is 277 g/mol. The second-order valence-corrected chi connectivity index (χ2v) is 6.55. The Morgan fingerprint density at radius 1 is 1.40 bits per heavy atom. The van der Waals surface area contributed by atoms with Gasteiger partial charge < -0.3 is 14.7 Å². The molecule has 0 radical (unpaired) electrons. The Morgan fingerprint density at radius 2 is 2.10 bits per heavy atom. The quantitative estimate of drug-likeness (QED) is 0.858. The van der Waals surface area contributed by atoms with E-state index in [1.165, 1.54) is 0 Å². The SMILES string of the molecule is Cc1cccc(C2(O)CCN(C(=O)OC(C)(C)C)C2)c1. The Kier molecular flexibility index (Phi) is 3.78. The normalized spacial score (nSPS) is 22.9. The van der Waals surface area contributed by atoms with E-state index in [1.807, 2.05) is 52.0 Å². The minimum Gasteiger partial charge on any atom is -0.444 e. The van der Waals surface area contributed by atoms with Crippen molar-refractivity contribution in [2.24, 2.45) is 0 Å². The first-order valence-corrected chi connectivity index (χ1v) is 6.97. The Morgan fingerprint density at radius 3 is 2.70 bits per heavy atom. The van der Waals surface area contributed by atoms with E-state index in [2.05, 4.69) is 0 Å². The third-order valence-corrected chi connectivity index (χ3v) is 3.45. The van der Waals surface area contributed by atoms with Gasteiger partial charge in [-0.3, -0.25) is 0 Å². The number of amides is 1. The number of carbonyl (C=O) groups is 1. The molecule has 4 nitrogen and oxygen atoms in total. The molecule has 1 aliphatic heterocycles. The first-order valence-electron chi connectivity index (χ1n) is 6.97. The molecule has 1 N–H and O–H groups in total. The average Bonchev–Trinajstić information content (AvgIpc) is 2.71. The maximum Gasteiger partial charge on any atom is 0.410 e. The molecule has 1 aromatic carbocycles. The summed E-state index contributed by atoms with van der Waals surface area (Å²) >= 11 is 0. The zero-order valence-corrected chi connectivity index (χ0v) is 12.6. The van der Waals surface area contributed by atoms with Crippen molar-refractivity contribution in [3.8, 4) is 0 Å². The van der Waals surface area contributed by atoms with E-state index >= 15 is 0 Å². The van der Waals surface area contributed by atoms with Crippen molar-refractivity contribution in [2.45, 2.75) is 45.3 Å². The van der Waals surface area contributed by atoms with Crippen LogP contribution in [0.3, 0.4) is 0 Å². The summed E-state index contributed by atoms with van der Waals surface area (Å²) in [5, 5.41) is 10.8. The van der Waals surface area contributed by atoms with Crippen LogP contribution >= 0.6 is 0 Å². The maximum atomic E-state index is 12.0. The predicted molar refractivity (Wildman–Crippen MR) is 77.5 cm³/mol. The van der Waals surface area contributed by atoms with E-state index in [0.717, 1.165) is 11.1 Å². The predicted octanol–water partition coefficient (Wildman–Crippen LogP) is 2.82. The topological polar surface area (TPSA) is 49.8 Å². The van der Waals surface area contributed by atoms with Crippen LogP contribution in [0.5, 0.6) is 0 Å². The molecule has 110 valence electrons. The maximum absolute atomic E-state index is 12.0. The van der Waals surface area contributed by atoms with Crippen molar-refractivity contribution in [1.29, 1.82) is 0 Å². The largest absolute Gasteiger partial charge is 0.444 e. The van der Waals surface area contributed by atoms with E-state index in [1.54, 1.807) is 4.90 Å². The highest BCUT2D eigenvalue weighted by atomic mass is 16.6. The summed E-state index contributed by atoms with van der Waals surface area (Å²) in [5.74, 6) is 0. The monoisotopic (exact) mass is 277 g/mol. The number of benzene rings is 1. The number of hydrogen-bond donors (Lipinski definition) is 1. The lowest BCUT2D eigenvalue weighted by Gasteiger charge is -2.26. The highest BCUT2D eigenvalue weighted by Crippen LogP contribution is 2.33. The number of nitrogens with zero attached hydrogens (tertiary/aromatic N) is 1. The summed E-state index contributed by atoms with van der Waals surface area (Å²) in [5.41, 5.74) is 0.486. The van der Waals surface area contributed by atoms with Gasteiger partial charge in [0, 0.05) is 6.54 Å². The Balaban J connectivity index is 2.10. The van der Waals surface area contributed by atoms with Crippen molar-refractivity contribution < 1.29 is 14.6 Å². The van der Waals surface area contributed by atoms with Gasteiger partial charge in [-0.1, -0.05) is 29.8 Å². The summed E-state index contributed by atoms with van der Waals surface area (Å²) in [4.78, 5) is 13.6. The van der Waals surface area contributed by atoms with Gasteiger partial charge in [-0.25, -0.2) is 4.79 Å². The second-order valence-electron chi connectivity index (χ2n) is 6.55. The molecule has 1 unspecified atom stereocenters. The van der Waals surface area contributed by atoms with Gasteiger partial charge >= 0.3 is 6.09 Å². The van der Waals surface area contributed by atoms with Crippen LogP contribution in [-0.2, 0) is 10.3 Å². The van der Waals surface area contributed by atoms with Crippen LogP contribution in [0.25, 0.3) is 0 Å². The number of rotatable bonds is 1. The zero-order chi connectivity index (χ0) is 15.0. The first-order chi connectivity index (χ1) is 9.20. The number of β-amino-alcohol motifs (C(OH)–C–C–N with tert-alkyl or cyclic N) is 1. The van der Waals surface area contributed by atoms with Gasteiger partial charge in [-0.05, 0) is 39.7 Å². The fourth-order valence-electron chi connectivity index (χ4n) is 2.45. The Labute approximate surface area is 120 Å². The van der Waals surface area contributed by atoms with Crippen LogP contribution in [-0.4, -0.2) is 34.8 Å². The van der Waals surface area contributed by atoms with Crippen LogP contribution in [0.2, 0.25) is 0 Å². The van der Waals surface area contributed by atoms with Crippen LogP contribution in [0, 0.1) is 6.92 Å². The van der Waals surface area contributed by atoms with Crippen LogP contribution in [0.1, 0.15) is 38.3 Å². The first kappa shape index (κ1) is 14.9. The van der Waals surface area contributed by atoms with Crippen LogP contribution in [0.4, 0.5) is 4.79 Å². The summed E-state index contributed by atoms with van der Waals surface area (Å²) in [7, 11) is 0. The molecule has 1 fully saturated rings. The lowest BCUT2D eigenvalue weighted by molar-refractivity contribution is 0.0140. The molecule has 1 aliphatic rings. The number of aliphatic hydroxyl groups is 1. The van der Waals surface area contributed by atoms with E-state index in [-0.39, 0.29) is 12.6 Å². The molecule has 0 bridgehead atoms. The molecule has 2 rings (SSSR count). The van der Waals surface area contributed by atoms with Crippen molar-refractivity contribution in [3.63, 3.8) is 0 Å². The van der Waals surface area contributed by atoms with Gasteiger partial charge in [-0.15, -0.1) is 0 Å². The van der Waals surface area contributed by atoms with Crippen molar-refractivity contribution in [1.82, 2.24) is 4.90 Å². The lowest BCUT2D eigenvalue weighted by atomic mass is 9.92. The Hall–Kier alpha value is -1.55. The molecule has 1 heterocycles. The van der Waals surface area contributed by atoms with Gasteiger partial charge in [0.1, 0.15) is 11.2 Å². The van der Waals surface area contributed by atoms with Gasteiger partial charge in [-0.2, -0.15) is 0 Å². The van der Waals surface area contributed by atoms with Gasteiger partial charge in [0.25, 0.3) is 0 Å². The van der Waals surface area contributed by atoms with Gasteiger partial charge in [0.2, 0.25) is 0 Å². The summed E-state index contributed by atoms with van der Waals surface area (Å²) in [6.45, 7) is 8.31. The standard InChI is InChI=1S/C16H23NO3/c1-12-6-5-7-13(10-12)16(19)8-9-17(11-16)14(18)20-15(2,3)4/h5-7,10,19H,8-9,11H2,1-4H3. The van der Waals surface area contributed by atoms with Crippen LogP contribution < -0.4 is 0 Å². The fourth-order valence-corrected chi connectivity index (χ4v) is 2.45. The molecule has 0 saturated carbocycles. The number of aryl methyl sites for hydroxylation is 1. The van der Waals surface area contributed by atoms with E-state index in [0.29, 0.717) is 13.0 Å². The highest BCUT2D eigenvalue weighted by Gasteiger charge is 2.40. The molecule has 0 aliphatic carbocycles. The van der Waals surface area contributed by atoms with Gasteiger partial charge in [0.15, 0.2) is 0 Å². The van der Waals surface area contributed by atoms with Crippen molar-refractivity contribution in [2.75, 3.05) is 13.1 Å². The molecule has 0 spiro atoms. The molecule has 4 heteroatoms. The minimum absolute atomic E-state index is 0.283. The summed E-state index contributed by atoms with van der Waals surface area (Å²) in [6.07, 6.45) is 0.177. The van der Waals surface area contributed by atoms with Gasteiger partial charge in [0.05, 0.1) is 6.54 Å². The zero-order valence-electron chi connectivity index (χ0n) is 12.6. The molecule has 1 aromatic rings. The number of ether oxygens (including phenoxy) is 1. The smallest absolute Gasteiger partial charge is 0.410 e. The number of hydrogen-bond acceptors (Lipinski definition) is 3. The Bertz CT molecular complexity index is 507. The van der Waals surface area contributed by atoms with Crippen LogP contribution in [0.15, 0.2) is 24.3 Å².